The quantitative estimate of drug-likeness (QED) is 0.894. The first-order chi connectivity index (χ1) is 8.54. The number of hydrogen-bond donors (Lipinski definition) is 1. The van der Waals surface area contributed by atoms with Crippen LogP contribution in [0.2, 0.25) is 0 Å². The van der Waals surface area contributed by atoms with Crippen LogP contribution in [0, 0.1) is 5.41 Å². The van der Waals surface area contributed by atoms with Crippen LogP contribution >= 0.6 is 15.9 Å². The Labute approximate surface area is 118 Å². The molecular formula is C15H22BrNO. The number of benzene rings is 1. The van der Waals surface area contributed by atoms with Gasteiger partial charge in [0, 0.05) is 29.1 Å². The van der Waals surface area contributed by atoms with Crippen LogP contribution in [0.4, 0.5) is 0 Å². The maximum absolute atomic E-state index is 5.75. The standard InChI is InChI=1S/C15H22BrNO/c1-4-18-14-9-13(15(14,2)3)17-10-11-6-5-7-12(16)8-11/h5-8,13-14,17H,4,9-10H2,1-3H3. The first-order valence-corrected chi connectivity index (χ1v) is 7.42. The molecule has 1 aromatic rings. The third kappa shape index (κ3) is 2.95. The van der Waals surface area contributed by atoms with E-state index >= 15 is 0 Å². The highest BCUT2D eigenvalue weighted by molar-refractivity contribution is 9.10. The molecule has 2 nitrogen and oxygen atoms in total. The molecule has 0 aliphatic heterocycles. The van der Waals surface area contributed by atoms with Gasteiger partial charge < -0.3 is 10.1 Å². The number of rotatable bonds is 5. The summed E-state index contributed by atoms with van der Waals surface area (Å²) in [5.74, 6) is 0. The van der Waals surface area contributed by atoms with Gasteiger partial charge in [-0.1, -0.05) is 41.9 Å². The summed E-state index contributed by atoms with van der Waals surface area (Å²) in [5.41, 5.74) is 1.56. The van der Waals surface area contributed by atoms with Gasteiger partial charge in [0.2, 0.25) is 0 Å². The molecule has 18 heavy (non-hydrogen) atoms. The van der Waals surface area contributed by atoms with E-state index < -0.39 is 0 Å². The Balaban J connectivity index is 1.85. The van der Waals surface area contributed by atoms with Gasteiger partial charge in [-0.25, -0.2) is 0 Å². The minimum atomic E-state index is 0.238. The van der Waals surface area contributed by atoms with Crippen LogP contribution in [0.5, 0.6) is 0 Å². The summed E-state index contributed by atoms with van der Waals surface area (Å²) in [4.78, 5) is 0. The lowest BCUT2D eigenvalue weighted by Crippen LogP contribution is -2.60. The second kappa shape index (κ2) is 5.72. The van der Waals surface area contributed by atoms with E-state index in [-0.39, 0.29) is 5.41 Å². The molecule has 0 saturated heterocycles. The largest absolute Gasteiger partial charge is 0.378 e. The molecule has 0 radical (unpaired) electrons. The van der Waals surface area contributed by atoms with Crippen molar-refractivity contribution in [2.75, 3.05) is 6.61 Å². The molecule has 2 rings (SSSR count). The molecule has 1 aliphatic rings. The van der Waals surface area contributed by atoms with E-state index in [0.717, 1.165) is 24.0 Å². The zero-order valence-corrected chi connectivity index (χ0v) is 13.0. The van der Waals surface area contributed by atoms with Crippen molar-refractivity contribution in [3.05, 3.63) is 34.3 Å². The van der Waals surface area contributed by atoms with Gasteiger partial charge in [0.25, 0.3) is 0 Å². The predicted molar refractivity (Wildman–Crippen MR) is 78.6 cm³/mol. The van der Waals surface area contributed by atoms with Gasteiger partial charge in [0.05, 0.1) is 6.10 Å². The molecule has 0 aromatic heterocycles. The molecular weight excluding hydrogens is 290 g/mol. The summed E-state index contributed by atoms with van der Waals surface area (Å²) in [6.07, 6.45) is 1.52. The fourth-order valence-corrected chi connectivity index (χ4v) is 3.05. The second-order valence-corrected chi connectivity index (χ2v) is 6.48. The second-order valence-electron chi connectivity index (χ2n) is 5.56. The molecule has 0 heterocycles. The van der Waals surface area contributed by atoms with Crippen LogP contribution in [0.15, 0.2) is 28.7 Å². The van der Waals surface area contributed by atoms with E-state index in [1.807, 2.05) is 0 Å². The molecule has 1 saturated carbocycles. The van der Waals surface area contributed by atoms with E-state index in [0.29, 0.717) is 12.1 Å². The highest BCUT2D eigenvalue weighted by atomic mass is 79.9. The minimum absolute atomic E-state index is 0.238. The van der Waals surface area contributed by atoms with E-state index in [2.05, 4.69) is 66.3 Å². The molecule has 2 unspecified atom stereocenters. The zero-order valence-electron chi connectivity index (χ0n) is 11.4. The monoisotopic (exact) mass is 311 g/mol. The normalized spacial score (nSPS) is 25.8. The van der Waals surface area contributed by atoms with Gasteiger partial charge in [-0.3, -0.25) is 0 Å². The van der Waals surface area contributed by atoms with Gasteiger partial charge in [-0.2, -0.15) is 0 Å². The SMILES string of the molecule is CCOC1CC(NCc2cccc(Br)c2)C1(C)C. The molecule has 3 heteroatoms. The van der Waals surface area contributed by atoms with Crippen molar-refractivity contribution >= 4 is 15.9 Å². The molecule has 2 atom stereocenters. The van der Waals surface area contributed by atoms with E-state index in [1.165, 1.54) is 5.56 Å². The number of nitrogens with one attached hydrogen (secondary N) is 1. The molecule has 0 spiro atoms. The molecule has 100 valence electrons. The third-order valence-corrected chi connectivity index (χ3v) is 4.48. The maximum Gasteiger partial charge on any atom is 0.0655 e. The lowest BCUT2D eigenvalue weighted by atomic mass is 9.64. The maximum atomic E-state index is 5.75. The summed E-state index contributed by atoms with van der Waals surface area (Å²) in [6.45, 7) is 8.38. The zero-order chi connectivity index (χ0) is 13.2. The summed E-state index contributed by atoms with van der Waals surface area (Å²) >= 11 is 3.50. The number of hydrogen-bond acceptors (Lipinski definition) is 2. The fraction of sp³-hybridized carbons (Fsp3) is 0.600. The third-order valence-electron chi connectivity index (χ3n) is 3.99. The molecule has 1 fully saturated rings. The van der Waals surface area contributed by atoms with Crippen LogP contribution in [-0.2, 0) is 11.3 Å². The van der Waals surface area contributed by atoms with Crippen molar-refractivity contribution in [2.24, 2.45) is 5.41 Å². The summed E-state index contributed by atoms with van der Waals surface area (Å²) in [6, 6.07) is 9.01. The van der Waals surface area contributed by atoms with Crippen LogP contribution < -0.4 is 5.32 Å². The Hall–Kier alpha value is -0.380. The Bertz CT molecular complexity index is 405. The molecule has 1 N–H and O–H groups in total. The lowest BCUT2D eigenvalue weighted by molar-refractivity contribution is -0.114. The average molecular weight is 312 g/mol. The Morgan fingerprint density at radius 3 is 2.83 bits per heavy atom. The van der Waals surface area contributed by atoms with Gasteiger partial charge in [-0.05, 0) is 31.0 Å². The van der Waals surface area contributed by atoms with Crippen molar-refractivity contribution in [1.82, 2.24) is 5.32 Å². The van der Waals surface area contributed by atoms with Gasteiger partial charge in [0.1, 0.15) is 0 Å². The Kier molecular flexibility index (Phi) is 4.46. The summed E-state index contributed by atoms with van der Waals surface area (Å²) in [7, 11) is 0. The summed E-state index contributed by atoms with van der Waals surface area (Å²) < 4.78 is 6.89. The molecule has 0 amide bonds. The van der Waals surface area contributed by atoms with Crippen molar-refractivity contribution in [3.8, 4) is 0 Å². The van der Waals surface area contributed by atoms with E-state index in [4.69, 9.17) is 4.74 Å². The molecule has 0 bridgehead atoms. The van der Waals surface area contributed by atoms with Crippen LogP contribution in [0.1, 0.15) is 32.8 Å². The van der Waals surface area contributed by atoms with Crippen molar-refractivity contribution < 1.29 is 4.74 Å². The Morgan fingerprint density at radius 1 is 1.44 bits per heavy atom. The predicted octanol–water partition coefficient (Wildman–Crippen LogP) is 3.74. The van der Waals surface area contributed by atoms with Crippen LogP contribution in [-0.4, -0.2) is 18.8 Å². The Morgan fingerprint density at radius 2 is 2.22 bits per heavy atom. The molecule has 1 aliphatic carbocycles. The van der Waals surface area contributed by atoms with Crippen molar-refractivity contribution in [3.63, 3.8) is 0 Å². The van der Waals surface area contributed by atoms with Crippen LogP contribution in [0.3, 0.4) is 0 Å². The van der Waals surface area contributed by atoms with Gasteiger partial charge in [-0.15, -0.1) is 0 Å². The van der Waals surface area contributed by atoms with E-state index in [9.17, 15) is 0 Å². The van der Waals surface area contributed by atoms with E-state index in [1.54, 1.807) is 0 Å². The lowest BCUT2D eigenvalue weighted by Gasteiger charge is -2.52. The fourth-order valence-electron chi connectivity index (χ4n) is 2.60. The summed E-state index contributed by atoms with van der Waals surface area (Å²) in [5, 5.41) is 3.64. The average Bonchev–Trinajstić information content (AvgIpc) is 2.33. The first-order valence-electron chi connectivity index (χ1n) is 6.63. The van der Waals surface area contributed by atoms with Gasteiger partial charge >= 0.3 is 0 Å². The van der Waals surface area contributed by atoms with Crippen molar-refractivity contribution in [2.45, 2.75) is 45.9 Å². The molecule has 1 aromatic carbocycles. The number of halogens is 1. The number of ether oxygens (including phenoxy) is 1. The highest BCUT2D eigenvalue weighted by Gasteiger charge is 2.48. The van der Waals surface area contributed by atoms with Crippen molar-refractivity contribution in [1.29, 1.82) is 0 Å². The first kappa shape index (κ1) is 14.0. The highest BCUT2D eigenvalue weighted by Crippen LogP contribution is 2.42. The topological polar surface area (TPSA) is 21.3 Å². The smallest absolute Gasteiger partial charge is 0.0655 e. The van der Waals surface area contributed by atoms with Crippen LogP contribution in [0.25, 0.3) is 0 Å². The minimum Gasteiger partial charge on any atom is -0.378 e. The van der Waals surface area contributed by atoms with Gasteiger partial charge in [0.15, 0.2) is 0 Å².